The largest absolute Gasteiger partial charge is 0.226 e. The maximum Gasteiger partial charge on any atom is 0.226 e. The molecule has 0 aliphatic heterocycles. The molecule has 0 saturated heterocycles. The molecule has 1 heteroatoms. The van der Waals surface area contributed by atoms with Crippen LogP contribution in [0.5, 0.6) is 0 Å². The third kappa shape index (κ3) is 2.44. The van der Waals surface area contributed by atoms with Crippen LogP contribution in [0.1, 0.15) is 16.7 Å². The molecule has 3 aromatic carbocycles. The summed E-state index contributed by atoms with van der Waals surface area (Å²) in [6, 6.07) is 19.8. The van der Waals surface area contributed by atoms with Gasteiger partial charge in [-0.15, -0.1) is 0 Å². The smallest absolute Gasteiger partial charge is 0.167 e. The van der Waals surface area contributed by atoms with E-state index in [-0.39, 0.29) is 0 Å². The average molecular weight is 324 g/mol. The fraction of sp³-hybridized carbons (Fsp3) is 0.125. The van der Waals surface area contributed by atoms with Gasteiger partial charge >= 0.3 is 0 Å². The highest BCUT2D eigenvalue weighted by molar-refractivity contribution is 6.10. The van der Waals surface area contributed by atoms with E-state index in [1.54, 1.807) is 0 Å². The van der Waals surface area contributed by atoms with Gasteiger partial charge in [0.1, 0.15) is 0 Å². The van der Waals surface area contributed by atoms with Gasteiger partial charge in [-0.05, 0) is 61.4 Å². The second-order valence-corrected chi connectivity index (χ2v) is 6.76. The lowest BCUT2D eigenvalue weighted by atomic mass is 9.93. The lowest BCUT2D eigenvalue weighted by molar-refractivity contribution is -0.554. The summed E-state index contributed by atoms with van der Waals surface area (Å²) in [7, 11) is 0. The summed E-state index contributed by atoms with van der Waals surface area (Å²) < 4.78 is 2.14. The van der Waals surface area contributed by atoms with E-state index < -0.39 is 0 Å². The predicted octanol–water partition coefficient (Wildman–Crippen LogP) is 5.97. The molecule has 25 heavy (non-hydrogen) atoms. The molecule has 0 bridgehead atoms. The molecular formula is C24H22N+. The third-order valence-corrected chi connectivity index (χ3v) is 5.15. The number of hydrogen-bond donors (Lipinski definition) is 0. The van der Waals surface area contributed by atoms with Gasteiger partial charge in [0.05, 0.1) is 10.9 Å². The zero-order valence-electron chi connectivity index (χ0n) is 15.0. The van der Waals surface area contributed by atoms with Gasteiger partial charge in [0.15, 0.2) is 12.4 Å². The fourth-order valence-corrected chi connectivity index (χ4v) is 3.77. The second-order valence-electron chi connectivity index (χ2n) is 6.76. The number of fused-ring (bicyclic) bond motifs is 3. The minimum atomic E-state index is 1.21. The number of rotatable bonds is 2. The van der Waals surface area contributed by atoms with Crippen LogP contribution in [-0.2, 0) is 0 Å². The van der Waals surface area contributed by atoms with Crippen LogP contribution in [0, 0.1) is 20.8 Å². The van der Waals surface area contributed by atoms with E-state index >= 15 is 0 Å². The first-order valence-electron chi connectivity index (χ1n) is 8.66. The van der Waals surface area contributed by atoms with Gasteiger partial charge in [0, 0.05) is 11.5 Å². The zero-order valence-corrected chi connectivity index (χ0v) is 15.0. The van der Waals surface area contributed by atoms with Gasteiger partial charge < -0.3 is 0 Å². The van der Waals surface area contributed by atoms with E-state index in [0.717, 1.165) is 0 Å². The molecule has 122 valence electrons. The molecule has 4 aromatic rings. The Labute approximate surface area is 148 Å². The van der Waals surface area contributed by atoms with Crippen molar-refractivity contribution < 1.29 is 4.57 Å². The van der Waals surface area contributed by atoms with Crippen molar-refractivity contribution in [2.24, 2.45) is 0 Å². The molecule has 1 aromatic heterocycles. The Bertz CT molecular complexity index is 1140. The second kappa shape index (κ2) is 5.86. The van der Waals surface area contributed by atoms with Crippen LogP contribution < -0.4 is 4.57 Å². The molecule has 1 heterocycles. The molecule has 0 aliphatic carbocycles. The van der Waals surface area contributed by atoms with Crippen LogP contribution in [-0.4, -0.2) is 0 Å². The first-order valence-corrected chi connectivity index (χ1v) is 8.66. The van der Waals surface area contributed by atoms with Crippen LogP contribution >= 0.6 is 0 Å². The van der Waals surface area contributed by atoms with E-state index in [4.69, 9.17) is 0 Å². The van der Waals surface area contributed by atoms with E-state index in [9.17, 15) is 0 Å². The fourth-order valence-electron chi connectivity index (χ4n) is 3.77. The molecule has 0 fully saturated rings. The molecule has 0 aliphatic rings. The Kier molecular flexibility index (Phi) is 3.65. The summed E-state index contributed by atoms with van der Waals surface area (Å²) in [6.07, 6.45) is 4.01. The Morgan fingerprint density at radius 3 is 2.44 bits per heavy atom. The van der Waals surface area contributed by atoms with Crippen molar-refractivity contribution in [3.63, 3.8) is 0 Å². The number of nitrogens with zero attached hydrogens (tertiary/aromatic N) is 1. The van der Waals surface area contributed by atoms with Gasteiger partial charge in [-0.3, -0.25) is 0 Å². The third-order valence-electron chi connectivity index (χ3n) is 5.15. The van der Waals surface area contributed by atoms with Crippen molar-refractivity contribution in [3.8, 4) is 11.3 Å². The highest BCUT2D eigenvalue weighted by Crippen LogP contribution is 2.33. The highest BCUT2D eigenvalue weighted by Gasteiger charge is 2.20. The lowest BCUT2D eigenvalue weighted by Crippen LogP contribution is -2.28. The Hall–Kier alpha value is -2.93. The van der Waals surface area contributed by atoms with Gasteiger partial charge in [-0.1, -0.05) is 42.0 Å². The van der Waals surface area contributed by atoms with Crippen molar-refractivity contribution in [1.82, 2.24) is 0 Å². The SMILES string of the molecule is C=C[n+]1ccc2c(ccc3ccccc32)c1-c1cc(C)cc(C)c1C. The monoisotopic (exact) mass is 324 g/mol. The van der Waals surface area contributed by atoms with Crippen molar-refractivity contribution in [1.29, 1.82) is 0 Å². The van der Waals surface area contributed by atoms with Crippen LogP contribution in [0.3, 0.4) is 0 Å². The summed E-state index contributed by atoms with van der Waals surface area (Å²) in [4.78, 5) is 0. The standard InChI is InChI=1S/C24H22N/c1-5-25-13-12-21-20-9-7-6-8-19(20)10-11-22(21)24(25)23-15-16(2)14-17(3)18(23)4/h5-15H,1H2,2-4H3/q+1. The Balaban J connectivity index is 2.19. The van der Waals surface area contributed by atoms with Crippen LogP contribution in [0.15, 0.2) is 67.4 Å². The average Bonchev–Trinajstić information content (AvgIpc) is 2.63. The highest BCUT2D eigenvalue weighted by atomic mass is 14.9. The Morgan fingerprint density at radius 1 is 0.840 bits per heavy atom. The number of aromatic nitrogens is 1. The molecule has 0 radical (unpaired) electrons. The molecule has 0 saturated carbocycles. The topological polar surface area (TPSA) is 3.88 Å². The van der Waals surface area contributed by atoms with Crippen molar-refractivity contribution in [3.05, 3.63) is 84.1 Å². The summed E-state index contributed by atoms with van der Waals surface area (Å²) in [5.41, 5.74) is 6.41. The number of aryl methyl sites for hydroxylation is 2. The lowest BCUT2D eigenvalue weighted by Gasteiger charge is -2.12. The molecular weight excluding hydrogens is 302 g/mol. The summed E-state index contributed by atoms with van der Waals surface area (Å²) in [5.74, 6) is 0. The normalized spacial score (nSPS) is 11.2. The van der Waals surface area contributed by atoms with Crippen molar-refractivity contribution in [2.45, 2.75) is 20.8 Å². The first kappa shape index (κ1) is 15.6. The summed E-state index contributed by atoms with van der Waals surface area (Å²) >= 11 is 0. The summed E-state index contributed by atoms with van der Waals surface area (Å²) in [6.45, 7) is 10.6. The Morgan fingerprint density at radius 2 is 1.64 bits per heavy atom. The molecule has 0 amide bonds. The maximum absolute atomic E-state index is 4.02. The van der Waals surface area contributed by atoms with E-state index in [1.165, 1.54) is 49.5 Å². The predicted molar refractivity (Wildman–Crippen MR) is 108 cm³/mol. The molecule has 1 nitrogen and oxygen atoms in total. The van der Waals surface area contributed by atoms with Crippen molar-refractivity contribution >= 4 is 27.7 Å². The zero-order chi connectivity index (χ0) is 17.6. The molecule has 0 unspecified atom stereocenters. The number of benzene rings is 3. The van der Waals surface area contributed by atoms with E-state index in [2.05, 4.69) is 92.7 Å². The van der Waals surface area contributed by atoms with Gasteiger partial charge in [-0.25, -0.2) is 0 Å². The molecule has 0 spiro atoms. The minimum Gasteiger partial charge on any atom is -0.167 e. The summed E-state index contributed by atoms with van der Waals surface area (Å²) in [5, 5.41) is 5.10. The van der Waals surface area contributed by atoms with Gasteiger partial charge in [0.25, 0.3) is 0 Å². The van der Waals surface area contributed by atoms with Crippen LogP contribution in [0.25, 0.3) is 39.0 Å². The quantitative estimate of drug-likeness (QED) is 0.316. The van der Waals surface area contributed by atoms with Crippen molar-refractivity contribution in [2.75, 3.05) is 0 Å². The minimum absolute atomic E-state index is 1.21. The van der Waals surface area contributed by atoms with Crippen LogP contribution in [0.2, 0.25) is 0 Å². The number of hydrogen-bond acceptors (Lipinski definition) is 0. The van der Waals surface area contributed by atoms with Gasteiger partial charge in [0.2, 0.25) is 5.69 Å². The molecule has 4 rings (SSSR count). The van der Waals surface area contributed by atoms with Crippen LogP contribution in [0.4, 0.5) is 0 Å². The molecule has 0 N–H and O–H groups in total. The van der Waals surface area contributed by atoms with Gasteiger partial charge in [-0.2, -0.15) is 4.57 Å². The van der Waals surface area contributed by atoms with E-state index in [0.29, 0.717) is 0 Å². The number of pyridine rings is 1. The first-order chi connectivity index (χ1) is 12.1. The molecule has 0 atom stereocenters. The van der Waals surface area contributed by atoms with E-state index in [1.807, 2.05) is 6.20 Å². The maximum atomic E-state index is 4.02.